The summed E-state index contributed by atoms with van der Waals surface area (Å²) in [5.41, 5.74) is 2.97. The number of halogens is 1. The first-order valence-electron chi connectivity index (χ1n) is 4.43. The van der Waals surface area contributed by atoms with Gasteiger partial charge in [-0.1, -0.05) is 11.6 Å². The van der Waals surface area contributed by atoms with Gasteiger partial charge in [0, 0.05) is 5.56 Å². The van der Waals surface area contributed by atoms with Crippen molar-refractivity contribution in [1.29, 1.82) is 0 Å². The number of carbonyl (C=O) groups excluding carboxylic acids is 1. The zero-order valence-corrected chi connectivity index (χ0v) is 9.65. The standard InChI is InChI=1S/C10H9ClN2OS/c1-12-4-7(14)6-2-3-8-10(9(6)11)13-5-15-8/h2-3,5,12H,4H2,1H3. The Labute approximate surface area is 96.1 Å². The van der Waals surface area contributed by atoms with Gasteiger partial charge in [-0.15, -0.1) is 11.3 Å². The van der Waals surface area contributed by atoms with Crippen LogP contribution in [0.1, 0.15) is 10.4 Å². The van der Waals surface area contributed by atoms with E-state index in [2.05, 4.69) is 10.3 Å². The fourth-order valence-electron chi connectivity index (χ4n) is 1.37. The van der Waals surface area contributed by atoms with Crippen LogP contribution in [0.4, 0.5) is 0 Å². The van der Waals surface area contributed by atoms with Crippen LogP contribution >= 0.6 is 22.9 Å². The van der Waals surface area contributed by atoms with Crippen molar-refractivity contribution in [1.82, 2.24) is 10.3 Å². The van der Waals surface area contributed by atoms with E-state index >= 15 is 0 Å². The summed E-state index contributed by atoms with van der Waals surface area (Å²) in [5, 5.41) is 3.26. The normalized spacial score (nSPS) is 10.8. The number of Topliss-reactive ketones (excluding diaryl/α,β-unsaturated/α-hetero) is 1. The molecule has 0 fully saturated rings. The molecule has 0 atom stereocenters. The van der Waals surface area contributed by atoms with Gasteiger partial charge in [0.15, 0.2) is 5.78 Å². The molecule has 0 saturated heterocycles. The van der Waals surface area contributed by atoms with E-state index in [4.69, 9.17) is 11.6 Å². The van der Waals surface area contributed by atoms with Gasteiger partial charge in [-0.25, -0.2) is 4.98 Å². The van der Waals surface area contributed by atoms with Gasteiger partial charge in [0.1, 0.15) is 5.52 Å². The minimum atomic E-state index is -0.0163. The Balaban J connectivity index is 2.52. The van der Waals surface area contributed by atoms with E-state index < -0.39 is 0 Å². The van der Waals surface area contributed by atoms with Crippen LogP contribution in [0.2, 0.25) is 5.02 Å². The Hall–Kier alpha value is -0.970. The first-order chi connectivity index (χ1) is 7.24. The molecule has 0 saturated carbocycles. The van der Waals surface area contributed by atoms with Crippen molar-refractivity contribution in [2.75, 3.05) is 13.6 Å². The third kappa shape index (κ3) is 1.88. The number of benzene rings is 1. The number of hydrogen-bond acceptors (Lipinski definition) is 4. The molecule has 1 aromatic heterocycles. The number of aromatic nitrogens is 1. The van der Waals surface area contributed by atoms with Crippen molar-refractivity contribution < 1.29 is 4.79 Å². The number of likely N-dealkylation sites (N-methyl/N-ethyl adjacent to an activating group) is 1. The molecule has 0 aliphatic heterocycles. The number of ketones is 1. The topological polar surface area (TPSA) is 42.0 Å². The fourth-order valence-corrected chi connectivity index (χ4v) is 2.43. The van der Waals surface area contributed by atoms with Crippen LogP contribution in [0, 0.1) is 0 Å². The molecule has 1 N–H and O–H groups in total. The van der Waals surface area contributed by atoms with Crippen LogP contribution in [-0.2, 0) is 0 Å². The first-order valence-corrected chi connectivity index (χ1v) is 5.69. The second kappa shape index (κ2) is 4.26. The molecule has 2 aromatic rings. The number of rotatable bonds is 3. The van der Waals surface area contributed by atoms with E-state index in [1.807, 2.05) is 6.07 Å². The SMILES string of the molecule is CNCC(=O)c1ccc2scnc2c1Cl. The van der Waals surface area contributed by atoms with Gasteiger partial charge in [0.2, 0.25) is 0 Å². The lowest BCUT2D eigenvalue weighted by atomic mass is 10.1. The molecule has 5 heteroatoms. The Morgan fingerprint density at radius 3 is 3.13 bits per heavy atom. The molecule has 0 amide bonds. The lowest BCUT2D eigenvalue weighted by Gasteiger charge is -2.02. The van der Waals surface area contributed by atoms with Crippen molar-refractivity contribution >= 4 is 38.9 Å². The van der Waals surface area contributed by atoms with Crippen molar-refractivity contribution in [3.63, 3.8) is 0 Å². The van der Waals surface area contributed by atoms with Gasteiger partial charge >= 0.3 is 0 Å². The van der Waals surface area contributed by atoms with E-state index in [9.17, 15) is 4.79 Å². The molecular formula is C10H9ClN2OS. The zero-order chi connectivity index (χ0) is 10.8. The second-order valence-corrected chi connectivity index (χ2v) is 4.34. The number of carbonyl (C=O) groups is 1. The highest BCUT2D eigenvalue weighted by atomic mass is 35.5. The predicted octanol–water partition coefficient (Wildman–Crippen LogP) is 2.35. The van der Waals surface area contributed by atoms with Crippen LogP contribution in [-0.4, -0.2) is 24.4 Å². The Bertz CT molecular complexity index is 509. The summed E-state index contributed by atoms with van der Waals surface area (Å²) in [4.78, 5) is 15.8. The summed E-state index contributed by atoms with van der Waals surface area (Å²) in [6.45, 7) is 0.287. The lowest BCUT2D eigenvalue weighted by Crippen LogP contribution is -2.18. The van der Waals surface area contributed by atoms with Gasteiger partial charge in [0.05, 0.1) is 21.8 Å². The highest BCUT2D eigenvalue weighted by Crippen LogP contribution is 2.28. The van der Waals surface area contributed by atoms with Crippen LogP contribution in [0.25, 0.3) is 10.2 Å². The van der Waals surface area contributed by atoms with Gasteiger partial charge in [-0.05, 0) is 19.2 Å². The highest BCUT2D eigenvalue weighted by Gasteiger charge is 2.13. The fraction of sp³-hybridized carbons (Fsp3) is 0.200. The molecule has 0 bridgehead atoms. The molecule has 2 rings (SSSR count). The number of hydrogen-bond donors (Lipinski definition) is 1. The summed E-state index contributed by atoms with van der Waals surface area (Å²) in [5.74, 6) is -0.0163. The van der Waals surface area contributed by atoms with Gasteiger partial charge in [0.25, 0.3) is 0 Å². The van der Waals surface area contributed by atoms with Crippen LogP contribution < -0.4 is 5.32 Å². The van der Waals surface area contributed by atoms with Crippen LogP contribution in [0.15, 0.2) is 17.6 Å². The van der Waals surface area contributed by atoms with E-state index in [1.54, 1.807) is 18.6 Å². The smallest absolute Gasteiger partial charge is 0.178 e. The van der Waals surface area contributed by atoms with Crippen molar-refractivity contribution in [3.05, 3.63) is 28.2 Å². The molecular weight excluding hydrogens is 232 g/mol. The minimum Gasteiger partial charge on any atom is -0.313 e. The van der Waals surface area contributed by atoms with Gasteiger partial charge < -0.3 is 5.32 Å². The summed E-state index contributed by atoms with van der Waals surface area (Å²) in [6.07, 6.45) is 0. The summed E-state index contributed by atoms with van der Waals surface area (Å²) >= 11 is 7.62. The van der Waals surface area contributed by atoms with Crippen molar-refractivity contribution in [2.24, 2.45) is 0 Å². The maximum absolute atomic E-state index is 11.7. The molecule has 1 aromatic carbocycles. The molecule has 78 valence electrons. The molecule has 0 aliphatic carbocycles. The maximum atomic E-state index is 11.7. The number of fused-ring (bicyclic) bond motifs is 1. The summed E-state index contributed by atoms with van der Waals surface area (Å²) in [6, 6.07) is 3.63. The first kappa shape index (κ1) is 10.5. The maximum Gasteiger partial charge on any atom is 0.178 e. The second-order valence-electron chi connectivity index (χ2n) is 3.08. The minimum absolute atomic E-state index is 0.0163. The molecule has 15 heavy (non-hydrogen) atoms. The molecule has 0 radical (unpaired) electrons. The summed E-state index contributed by atoms with van der Waals surface area (Å²) in [7, 11) is 1.73. The van der Waals surface area contributed by atoms with Crippen molar-refractivity contribution in [2.45, 2.75) is 0 Å². The van der Waals surface area contributed by atoms with Gasteiger partial charge in [-0.2, -0.15) is 0 Å². The number of nitrogens with one attached hydrogen (secondary N) is 1. The average Bonchev–Trinajstić information content (AvgIpc) is 2.67. The molecule has 0 spiro atoms. The highest BCUT2D eigenvalue weighted by molar-refractivity contribution is 7.16. The van der Waals surface area contributed by atoms with Crippen LogP contribution in [0.5, 0.6) is 0 Å². The molecule has 1 heterocycles. The third-order valence-electron chi connectivity index (χ3n) is 2.08. The van der Waals surface area contributed by atoms with E-state index in [0.717, 1.165) is 4.70 Å². The lowest BCUT2D eigenvalue weighted by molar-refractivity contribution is 0.0994. The third-order valence-corrected chi connectivity index (χ3v) is 3.26. The Morgan fingerprint density at radius 1 is 1.60 bits per heavy atom. The van der Waals surface area contributed by atoms with Gasteiger partial charge in [-0.3, -0.25) is 4.79 Å². The van der Waals surface area contributed by atoms with E-state index in [1.165, 1.54) is 11.3 Å². The predicted molar refractivity (Wildman–Crippen MR) is 62.9 cm³/mol. The Kier molecular flexibility index (Phi) is 3.00. The monoisotopic (exact) mass is 240 g/mol. The Morgan fingerprint density at radius 2 is 2.40 bits per heavy atom. The number of thiazole rings is 1. The van der Waals surface area contributed by atoms with E-state index in [0.29, 0.717) is 16.1 Å². The molecule has 0 unspecified atom stereocenters. The van der Waals surface area contributed by atoms with Crippen molar-refractivity contribution in [3.8, 4) is 0 Å². The number of nitrogens with zero attached hydrogens (tertiary/aromatic N) is 1. The average molecular weight is 241 g/mol. The zero-order valence-electron chi connectivity index (χ0n) is 8.08. The molecule has 3 nitrogen and oxygen atoms in total. The quantitative estimate of drug-likeness (QED) is 0.838. The molecule has 0 aliphatic rings. The largest absolute Gasteiger partial charge is 0.313 e. The van der Waals surface area contributed by atoms with E-state index in [-0.39, 0.29) is 12.3 Å². The van der Waals surface area contributed by atoms with Crippen LogP contribution in [0.3, 0.4) is 0 Å². The summed E-state index contributed by atoms with van der Waals surface area (Å²) < 4.78 is 1.00.